The lowest BCUT2D eigenvalue weighted by molar-refractivity contribution is -0.159. The summed E-state index contributed by atoms with van der Waals surface area (Å²) >= 11 is 0. The lowest BCUT2D eigenvalue weighted by Crippen LogP contribution is -2.59. The molecule has 7 atom stereocenters. The quantitative estimate of drug-likeness (QED) is 0.226. The summed E-state index contributed by atoms with van der Waals surface area (Å²) in [6, 6.07) is 4.19. The number of carbonyl (C=O) groups excluding carboxylic acids is 4. The van der Waals surface area contributed by atoms with Gasteiger partial charge in [-0.25, -0.2) is 0 Å². The minimum Gasteiger partial charge on any atom is -0.460 e. The summed E-state index contributed by atoms with van der Waals surface area (Å²) in [7, 11) is 0. The topological polar surface area (TPSA) is 125 Å². The number of aliphatic hydroxyl groups is 1. The van der Waals surface area contributed by atoms with Gasteiger partial charge in [0.15, 0.2) is 0 Å². The van der Waals surface area contributed by atoms with Gasteiger partial charge < -0.3 is 29.7 Å². The summed E-state index contributed by atoms with van der Waals surface area (Å²) < 4.78 is 12.4. The molecule has 10 nitrogen and oxygen atoms in total. The van der Waals surface area contributed by atoms with Gasteiger partial charge in [0.1, 0.15) is 17.7 Å². The number of ether oxygens (including phenoxy) is 2. The summed E-state index contributed by atoms with van der Waals surface area (Å²) in [5, 5.41) is 13.3. The Balaban J connectivity index is 1.69. The fourth-order valence-electron chi connectivity index (χ4n) is 7.34. The van der Waals surface area contributed by atoms with Crippen LogP contribution in [0.2, 0.25) is 0 Å². The Hall–Kier alpha value is -3.50. The van der Waals surface area contributed by atoms with Crippen LogP contribution in [0.4, 0.5) is 5.69 Å². The first-order valence-corrected chi connectivity index (χ1v) is 16.1. The number of hydrogen-bond donors (Lipinski definition) is 2. The maximum atomic E-state index is 14.8. The van der Waals surface area contributed by atoms with Crippen LogP contribution in [-0.2, 0) is 28.7 Å². The number of aliphatic hydroxyl groups excluding tert-OH is 1. The van der Waals surface area contributed by atoms with Gasteiger partial charge in [-0.1, -0.05) is 38.1 Å². The Labute approximate surface area is 266 Å². The van der Waals surface area contributed by atoms with Crippen LogP contribution in [0.15, 0.2) is 43.5 Å². The molecule has 1 aromatic rings. The average Bonchev–Trinajstić information content (AvgIpc) is 3.64. The molecule has 0 unspecified atom stereocenters. The molecular weight excluding hydrogens is 574 g/mol. The smallest absolute Gasteiger partial charge is 0.312 e. The Bertz CT molecular complexity index is 1310. The summed E-state index contributed by atoms with van der Waals surface area (Å²) in [6.07, 6.45) is 4.33. The molecule has 3 heterocycles. The van der Waals surface area contributed by atoms with Gasteiger partial charge in [0.25, 0.3) is 5.91 Å². The molecule has 3 fully saturated rings. The fraction of sp³-hybridized carbons (Fsp3) is 0.600. The first kappa shape index (κ1) is 34.4. The lowest BCUT2D eigenvalue weighted by atomic mass is 9.70. The Morgan fingerprint density at radius 3 is 2.60 bits per heavy atom. The highest BCUT2D eigenvalue weighted by Gasteiger charge is 2.75. The number of rotatable bonds is 15. The fourth-order valence-corrected chi connectivity index (χ4v) is 7.34. The number of esters is 1. The van der Waals surface area contributed by atoms with Crippen molar-refractivity contribution in [3.8, 4) is 0 Å². The van der Waals surface area contributed by atoms with E-state index in [2.05, 4.69) is 18.5 Å². The molecule has 0 radical (unpaired) electrons. The largest absolute Gasteiger partial charge is 0.460 e. The van der Waals surface area contributed by atoms with Crippen molar-refractivity contribution < 1.29 is 33.8 Å². The molecule has 45 heavy (non-hydrogen) atoms. The minimum atomic E-state index is -1.24. The van der Waals surface area contributed by atoms with Crippen LogP contribution in [0.5, 0.6) is 0 Å². The number of fused-ring (bicyclic) bond motifs is 1. The van der Waals surface area contributed by atoms with Crippen molar-refractivity contribution in [1.29, 1.82) is 0 Å². The van der Waals surface area contributed by atoms with Gasteiger partial charge in [0.2, 0.25) is 11.8 Å². The molecule has 10 heteroatoms. The molecule has 0 saturated carbocycles. The Morgan fingerprint density at radius 2 is 1.96 bits per heavy atom. The van der Waals surface area contributed by atoms with Crippen LogP contribution in [0, 0.1) is 31.6 Å². The number of nitrogens with one attached hydrogen (secondary N) is 1. The third-order valence-corrected chi connectivity index (χ3v) is 9.30. The highest BCUT2D eigenvalue weighted by molar-refractivity contribution is 6.05. The van der Waals surface area contributed by atoms with Crippen molar-refractivity contribution in [1.82, 2.24) is 10.2 Å². The third-order valence-electron chi connectivity index (χ3n) is 9.30. The number of carbonyl (C=O) groups is 4. The third kappa shape index (κ3) is 6.72. The summed E-state index contributed by atoms with van der Waals surface area (Å²) in [5.74, 6) is -3.16. The van der Waals surface area contributed by atoms with Gasteiger partial charge in [-0.3, -0.25) is 19.2 Å². The van der Waals surface area contributed by atoms with Crippen LogP contribution in [0.1, 0.15) is 64.0 Å². The van der Waals surface area contributed by atoms with Crippen LogP contribution in [-0.4, -0.2) is 83.3 Å². The normalized spacial score (nSPS) is 26.4. The van der Waals surface area contributed by atoms with Crippen molar-refractivity contribution in [3.05, 3.63) is 54.6 Å². The van der Waals surface area contributed by atoms with Gasteiger partial charge in [-0.15, -0.1) is 13.2 Å². The zero-order valence-corrected chi connectivity index (χ0v) is 27.3. The monoisotopic (exact) mass is 623 g/mol. The molecule has 1 spiro atoms. The number of amides is 3. The zero-order chi connectivity index (χ0) is 33.1. The second kappa shape index (κ2) is 14.3. The molecule has 1 aromatic carbocycles. The molecule has 3 aliphatic heterocycles. The maximum absolute atomic E-state index is 14.8. The Morgan fingerprint density at radius 1 is 1.22 bits per heavy atom. The predicted molar refractivity (Wildman–Crippen MR) is 171 cm³/mol. The van der Waals surface area contributed by atoms with Crippen molar-refractivity contribution in [3.63, 3.8) is 0 Å². The van der Waals surface area contributed by atoms with E-state index in [-0.39, 0.29) is 43.3 Å². The van der Waals surface area contributed by atoms with E-state index in [1.54, 1.807) is 24.0 Å². The zero-order valence-electron chi connectivity index (χ0n) is 27.3. The van der Waals surface area contributed by atoms with E-state index in [4.69, 9.17) is 9.47 Å². The summed E-state index contributed by atoms with van der Waals surface area (Å²) in [4.78, 5) is 58.3. The second-order valence-corrected chi connectivity index (χ2v) is 13.2. The molecule has 3 aliphatic rings. The molecule has 0 aliphatic carbocycles. The number of hydrogen-bond acceptors (Lipinski definition) is 7. The van der Waals surface area contributed by atoms with Crippen LogP contribution in [0.3, 0.4) is 0 Å². The molecule has 4 rings (SSSR count). The van der Waals surface area contributed by atoms with E-state index in [1.165, 1.54) is 4.90 Å². The Kier molecular flexibility index (Phi) is 10.9. The molecule has 0 aromatic heterocycles. The van der Waals surface area contributed by atoms with Crippen LogP contribution < -0.4 is 10.2 Å². The van der Waals surface area contributed by atoms with E-state index >= 15 is 0 Å². The van der Waals surface area contributed by atoms with Gasteiger partial charge >= 0.3 is 5.97 Å². The van der Waals surface area contributed by atoms with E-state index in [0.717, 1.165) is 11.1 Å². The molecule has 246 valence electrons. The molecule has 2 N–H and O–H groups in total. The number of nitrogens with zero attached hydrogens (tertiary/aromatic N) is 2. The molecule has 3 saturated heterocycles. The number of aryl methyl sites for hydroxylation is 2. The number of allylic oxidation sites excluding steroid dienone is 1. The van der Waals surface area contributed by atoms with Crippen molar-refractivity contribution in [2.75, 3.05) is 24.6 Å². The van der Waals surface area contributed by atoms with E-state index in [0.29, 0.717) is 37.8 Å². The highest BCUT2D eigenvalue weighted by atomic mass is 16.6. The maximum Gasteiger partial charge on any atom is 0.312 e. The predicted octanol–water partition coefficient (Wildman–Crippen LogP) is 3.62. The minimum absolute atomic E-state index is 0.129. The van der Waals surface area contributed by atoms with Gasteiger partial charge in [0.05, 0.1) is 37.1 Å². The molecule has 3 amide bonds. The lowest BCUT2D eigenvalue weighted by Gasteiger charge is -2.40. The molecular formula is C35H49N3O7. The number of likely N-dealkylation sites (tertiary alicyclic amines) is 1. The highest BCUT2D eigenvalue weighted by Crippen LogP contribution is 2.59. The molecule has 2 bridgehead atoms. The van der Waals surface area contributed by atoms with E-state index in [1.807, 2.05) is 45.9 Å². The van der Waals surface area contributed by atoms with Crippen molar-refractivity contribution in [2.24, 2.45) is 17.8 Å². The van der Waals surface area contributed by atoms with Crippen LogP contribution in [0.25, 0.3) is 0 Å². The van der Waals surface area contributed by atoms with E-state index in [9.17, 15) is 24.3 Å². The second-order valence-electron chi connectivity index (χ2n) is 13.2. The first-order valence-electron chi connectivity index (χ1n) is 16.1. The summed E-state index contributed by atoms with van der Waals surface area (Å²) in [5.41, 5.74) is 1.34. The first-order chi connectivity index (χ1) is 21.4. The number of anilines is 1. The average molecular weight is 624 g/mol. The standard InChI is InChI=1S/C35H49N3O7/c1-8-10-11-28(40)36-19-24(7)44-34(43)29-27-14-15-35(45-27)30(29)32(41)38(25(20-39)17-21(3)4)31(35)33(42)37(16-9-2)26-18-22(5)12-13-23(26)6/h8-9,12-13,18,21,24-25,27,29-31,39H,1-2,10-11,14-17,19-20H2,3-7H3,(H,36,40)/t24-,25+,27-,29+,30+,31-,35+/m0/s1. The van der Waals surface area contributed by atoms with Gasteiger partial charge in [0, 0.05) is 18.7 Å². The SMILES string of the molecule is C=CCCC(=O)NC[C@H](C)OC(=O)[C@@H]1[C@@H]2CC[C@]3(O2)[C@H](C(=O)N(CC=C)c2cc(C)ccc2C)N([C@@H](CO)CC(C)C)C(=O)[C@@H]13. The summed E-state index contributed by atoms with van der Waals surface area (Å²) in [6.45, 7) is 17.1. The van der Waals surface area contributed by atoms with E-state index < -0.39 is 47.7 Å². The van der Waals surface area contributed by atoms with Crippen LogP contribution >= 0.6 is 0 Å². The van der Waals surface area contributed by atoms with Gasteiger partial charge in [-0.05, 0) is 69.6 Å². The van der Waals surface area contributed by atoms with Crippen molar-refractivity contribution >= 4 is 29.4 Å². The van der Waals surface area contributed by atoms with Crippen molar-refractivity contribution in [2.45, 2.75) is 96.6 Å². The van der Waals surface area contributed by atoms with Gasteiger partial charge in [-0.2, -0.15) is 0 Å². The number of benzene rings is 1.